The lowest BCUT2D eigenvalue weighted by molar-refractivity contribution is 0.115. The molecule has 0 aromatic heterocycles. The van der Waals surface area contributed by atoms with E-state index in [1.54, 1.807) is 27.5 Å². The third-order valence-corrected chi connectivity index (χ3v) is 5.71. The van der Waals surface area contributed by atoms with Crippen molar-refractivity contribution in [3.05, 3.63) is 0 Å². The van der Waals surface area contributed by atoms with Crippen LogP contribution in [0.3, 0.4) is 0 Å². The number of hydrogen-bond acceptors (Lipinski definition) is 4. The SMILES string of the molecule is CCC[Si](OC)(OC)OCP(C)(C)=O. The van der Waals surface area contributed by atoms with Gasteiger partial charge in [-0.2, -0.15) is 0 Å². The summed E-state index contributed by atoms with van der Waals surface area (Å²) in [6.07, 6.45) is 1.17. The predicted octanol–water partition coefficient (Wildman–Crippen LogP) is 2.22. The highest BCUT2D eigenvalue weighted by Gasteiger charge is 2.38. The van der Waals surface area contributed by atoms with Crippen molar-refractivity contribution < 1.29 is 17.8 Å². The molecule has 0 spiro atoms. The Hall–Kier alpha value is 0.327. The fraction of sp³-hybridized carbons (Fsp3) is 1.00. The molecule has 0 N–H and O–H groups in total. The fourth-order valence-corrected chi connectivity index (χ4v) is 4.64. The molecule has 14 heavy (non-hydrogen) atoms. The van der Waals surface area contributed by atoms with Crippen LogP contribution >= 0.6 is 7.14 Å². The molecule has 0 aromatic carbocycles. The second-order valence-corrected chi connectivity index (χ2v) is 10.1. The zero-order valence-corrected chi connectivity index (χ0v) is 11.6. The van der Waals surface area contributed by atoms with Gasteiger partial charge in [0.2, 0.25) is 0 Å². The van der Waals surface area contributed by atoms with Gasteiger partial charge in [0.1, 0.15) is 7.14 Å². The third kappa shape index (κ3) is 5.27. The number of rotatable bonds is 7. The molecule has 0 aliphatic rings. The molecule has 0 aliphatic carbocycles. The van der Waals surface area contributed by atoms with Gasteiger partial charge in [0.25, 0.3) is 0 Å². The Morgan fingerprint density at radius 1 is 1.21 bits per heavy atom. The van der Waals surface area contributed by atoms with Crippen LogP contribution in [0.1, 0.15) is 13.3 Å². The van der Waals surface area contributed by atoms with E-state index in [1.165, 1.54) is 0 Å². The standard InChI is InChI=1S/C8H21O4PSi/c1-6-7-14(10-2,11-3)12-8-13(4,5)9/h6-8H2,1-5H3. The summed E-state index contributed by atoms with van der Waals surface area (Å²) in [6.45, 7) is 5.44. The average Bonchev–Trinajstić information content (AvgIpc) is 2.11. The van der Waals surface area contributed by atoms with E-state index in [1.807, 2.05) is 6.92 Å². The lowest BCUT2D eigenvalue weighted by Gasteiger charge is -2.26. The first-order valence-electron chi connectivity index (χ1n) is 4.67. The highest BCUT2D eigenvalue weighted by atomic mass is 31.2. The van der Waals surface area contributed by atoms with E-state index in [0.717, 1.165) is 12.5 Å². The quantitative estimate of drug-likeness (QED) is 0.505. The van der Waals surface area contributed by atoms with Crippen LogP contribution in [0.25, 0.3) is 0 Å². The Morgan fingerprint density at radius 3 is 2.00 bits per heavy atom. The highest BCUT2D eigenvalue weighted by Crippen LogP contribution is 2.37. The van der Waals surface area contributed by atoms with Crippen LogP contribution in [-0.4, -0.2) is 42.7 Å². The maximum absolute atomic E-state index is 11.5. The minimum Gasteiger partial charge on any atom is -0.377 e. The van der Waals surface area contributed by atoms with Crippen LogP contribution in [-0.2, 0) is 17.8 Å². The first kappa shape index (κ1) is 14.3. The van der Waals surface area contributed by atoms with Gasteiger partial charge in [-0.15, -0.1) is 0 Å². The second kappa shape index (κ2) is 6.03. The van der Waals surface area contributed by atoms with Gasteiger partial charge >= 0.3 is 8.80 Å². The largest absolute Gasteiger partial charge is 0.500 e. The summed E-state index contributed by atoms with van der Waals surface area (Å²) in [5, 5.41) is 0. The minimum atomic E-state index is -2.53. The molecule has 0 heterocycles. The Balaban J connectivity index is 4.28. The molecule has 86 valence electrons. The summed E-state index contributed by atoms with van der Waals surface area (Å²) in [7, 11) is -1.52. The van der Waals surface area contributed by atoms with Crippen LogP contribution < -0.4 is 0 Å². The first-order valence-corrected chi connectivity index (χ1v) is 9.39. The smallest absolute Gasteiger partial charge is 0.377 e. The topological polar surface area (TPSA) is 44.8 Å². The van der Waals surface area contributed by atoms with Crippen molar-refractivity contribution in [3.8, 4) is 0 Å². The van der Waals surface area contributed by atoms with Crippen molar-refractivity contribution in [3.63, 3.8) is 0 Å². The van der Waals surface area contributed by atoms with Gasteiger partial charge in [-0.1, -0.05) is 13.3 Å². The molecule has 0 unspecified atom stereocenters. The Labute approximate surface area is 87.7 Å². The van der Waals surface area contributed by atoms with Crippen LogP contribution in [0, 0.1) is 0 Å². The summed E-state index contributed by atoms with van der Waals surface area (Å²) in [5.41, 5.74) is 0. The fourth-order valence-electron chi connectivity index (χ4n) is 1.04. The van der Waals surface area contributed by atoms with E-state index in [2.05, 4.69) is 0 Å². The summed E-state index contributed by atoms with van der Waals surface area (Å²) in [5.74, 6) is 0. The molecule has 4 nitrogen and oxygen atoms in total. The van der Waals surface area contributed by atoms with Crippen molar-refractivity contribution >= 4 is 15.9 Å². The molecular weight excluding hydrogens is 219 g/mol. The molecule has 0 saturated heterocycles. The third-order valence-electron chi connectivity index (χ3n) is 1.77. The van der Waals surface area contributed by atoms with Crippen LogP contribution in [0.5, 0.6) is 0 Å². The van der Waals surface area contributed by atoms with Gasteiger partial charge in [0.05, 0.1) is 6.35 Å². The monoisotopic (exact) mass is 240 g/mol. The van der Waals surface area contributed by atoms with Gasteiger partial charge in [-0.3, -0.25) is 0 Å². The average molecular weight is 240 g/mol. The van der Waals surface area contributed by atoms with Gasteiger partial charge in [0.15, 0.2) is 0 Å². The summed E-state index contributed by atoms with van der Waals surface area (Å²) in [6, 6.07) is 0.764. The molecule has 6 heteroatoms. The van der Waals surface area contributed by atoms with Gasteiger partial charge in [-0.25, -0.2) is 0 Å². The van der Waals surface area contributed by atoms with E-state index < -0.39 is 15.9 Å². The van der Waals surface area contributed by atoms with E-state index in [-0.39, 0.29) is 6.35 Å². The van der Waals surface area contributed by atoms with Crippen LogP contribution in [0.2, 0.25) is 6.04 Å². The molecule has 0 atom stereocenters. The van der Waals surface area contributed by atoms with Crippen molar-refractivity contribution in [2.45, 2.75) is 19.4 Å². The normalized spacial score (nSPS) is 13.2. The Bertz CT molecular complexity index is 200. The summed E-state index contributed by atoms with van der Waals surface area (Å²) >= 11 is 0. The summed E-state index contributed by atoms with van der Waals surface area (Å²) in [4.78, 5) is 0. The molecule has 0 rings (SSSR count). The van der Waals surface area contributed by atoms with Crippen molar-refractivity contribution in [1.29, 1.82) is 0 Å². The van der Waals surface area contributed by atoms with Crippen molar-refractivity contribution in [2.75, 3.05) is 33.9 Å². The molecule has 0 saturated carbocycles. The molecule has 0 fully saturated rings. The molecule has 0 amide bonds. The van der Waals surface area contributed by atoms with Gasteiger partial charge < -0.3 is 17.8 Å². The van der Waals surface area contributed by atoms with Crippen LogP contribution in [0.4, 0.5) is 0 Å². The molecule has 0 aromatic rings. The molecular formula is C8H21O4PSi. The Morgan fingerprint density at radius 2 is 1.71 bits per heavy atom. The Kier molecular flexibility index (Phi) is 6.17. The number of hydrogen-bond donors (Lipinski definition) is 0. The maximum Gasteiger partial charge on any atom is 0.500 e. The lowest BCUT2D eigenvalue weighted by atomic mass is 10.6. The van der Waals surface area contributed by atoms with E-state index in [9.17, 15) is 4.57 Å². The van der Waals surface area contributed by atoms with E-state index >= 15 is 0 Å². The lowest BCUT2D eigenvalue weighted by Crippen LogP contribution is -2.43. The second-order valence-electron chi connectivity index (χ2n) is 3.69. The van der Waals surface area contributed by atoms with Crippen molar-refractivity contribution in [1.82, 2.24) is 0 Å². The molecule has 0 aliphatic heterocycles. The predicted molar refractivity (Wildman–Crippen MR) is 60.3 cm³/mol. The zero-order valence-electron chi connectivity index (χ0n) is 9.70. The first-order chi connectivity index (χ1) is 6.39. The van der Waals surface area contributed by atoms with E-state index in [4.69, 9.17) is 13.3 Å². The van der Waals surface area contributed by atoms with Crippen molar-refractivity contribution in [2.24, 2.45) is 0 Å². The summed E-state index contributed by atoms with van der Waals surface area (Å²) < 4.78 is 27.6. The van der Waals surface area contributed by atoms with Gasteiger partial charge in [0, 0.05) is 20.3 Å². The zero-order chi connectivity index (χ0) is 11.2. The molecule has 0 radical (unpaired) electrons. The minimum absolute atomic E-state index is 0.237. The van der Waals surface area contributed by atoms with E-state index in [0.29, 0.717) is 0 Å². The highest BCUT2D eigenvalue weighted by molar-refractivity contribution is 7.62. The van der Waals surface area contributed by atoms with Crippen LogP contribution in [0.15, 0.2) is 0 Å². The van der Waals surface area contributed by atoms with Gasteiger partial charge in [-0.05, 0) is 13.3 Å². The molecule has 0 bridgehead atoms. The maximum atomic E-state index is 11.5.